The topological polar surface area (TPSA) is 37.8 Å². The van der Waals surface area contributed by atoms with Crippen molar-refractivity contribution >= 4 is 17.2 Å². The Morgan fingerprint density at radius 2 is 1.80 bits per heavy atom. The van der Waals surface area contributed by atoms with Crippen LogP contribution in [0.1, 0.15) is 19.2 Å². The second kappa shape index (κ2) is 5.73. The summed E-state index contributed by atoms with van der Waals surface area (Å²) >= 11 is 5.89. The van der Waals surface area contributed by atoms with Gasteiger partial charge in [-0.25, -0.2) is 9.97 Å². The lowest BCUT2D eigenvalue weighted by atomic mass is 10.0. The molecular weight excluding hydrogens is 270 g/mol. The molecule has 4 heteroatoms. The van der Waals surface area contributed by atoms with Crippen molar-refractivity contribution < 1.29 is 0 Å². The Labute approximate surface area is 123 Å². The first-order chi connectivity index (χ1) is 9.72. The van der Waals surface area contributed by atoms with Crippen LogP contribution in [0.5, 0.6) is 0 Å². The first-order valence-corrected chi connectivity index (χ1v) is 7.11. The van der Waals surface area contributed by atoms with Gasteiger partial charge in [0.1, 0.15) is 0 Å². The molecule has 1 aromatic carbocycles. The van der Waals surface area contributed by atoms with Gasteiger partial charge in [-0.3, -0.25) is 0 Å². The summed E-state index contributed by atoms with van der Waals surface area (Å²) in [6, 6.07) is 8.19. The minimum absolute atomic E-state index is 0.481. The van der Waals surface area contributed by atoms with Crippen LogP contribution in [0.25, 0.3) is 16.7 Å². The van der Waals surface area contributed by atoms with Gasteiger partial charge in [-0.1, -0.05) is 29.8 Å². The van der Waals surface area contributed by atoms with Crippen molar-refractivity contribution in [3.8, 4) is 11.1 Å². The van der Waals surface area contributed by atoms with Crippen LogP contribution in [0, 0.1) is 0 Å². The molecule has 3 rings (SSSR count). The van der Waals surface area contributed by atoms with E-state index < -0.39 is 0 Å². The van der Waals surface area contributed by atoms with E-state index in [2.05, 4.69) is 28.3 Å². The van der Waals surface area contributed by atoms with Crippen LogP contribution in [0.2, 0.25) is 5.02 Å². The number of nitrogens with one attached hydrogen (secondary N) is 1. The zero-order chi connectivity index (χ0) is 13.9. The third-order valence-electron chi connectivity index (χ3n) is 3.46. The fourth-order valence-electron chi connectivity index (χ4n) is 2.34. The van der Waals surface area contributed by atoms with E-state index in [1.165, 1.54) is 5.57 Å². The average molecular weight is 286 g/mol. The molecule has 2 heterocycles. The standard InChI is InChI=1S/C16H16ClN3/c1-11-8-13(6-7-18-11)16-19-9-14(10-20-16)12-2-4-15(17)5-3-12/h2-6,9-11,18H,7-8H2,1H3. The fourth-order valence-corrected chi connectivity index (χ4v) is 2.46. The Morgan fingerprint density at radius 1 is 1.10 bits per heavy atom. The largest absolute Gasteiger partial charge is 0.310 e. The van der Waals surface area contributed by atoms with Crippen LogP contribution in [0.4, 0.5) is 0 Å². The number of hydrogen-bond donors (Lipinski definition) is 1. The van der Waals surface area contributed by atoms with Crippen LogP contribution in [-0.2, 0) is 0 Å². The van der Waals surface area contributed by atoms with Crippen molar-refractivity contribution in [3.63, 3.8) is 0 Å². The Morgan fingerprint density at radius 3 is 2.45 bits per heavy atom. The quantitative estimate of drug-likeness (QED) is 0.917. The third-order valence-corrected chi connectivity index (χ3v) is 3.71. The van der Waals surface area contributed by atoms with Gasteiger partial charge in [0, 0.05) is 35.6 Å². The first kappa shape index (κ1) is 13.3. The molecule has 20 heavy (non-hydrogen) atoms. The van der Waals surface area contributed by atoms with Gasteiger partial charge in [-0.2, -0.15) is 0 Å². The van der Waals surface area contributed by atoms with Gasteiger partial charge in [-0.05, 0) is 36.6 Å². The second-order valence-electron chi connectivity index (χ2n) is 5.05. The number of hydrogen-bond acceptors (Lipinski definition) is 3. The van der Waals surface area contributed by atoms with Gasteiger partial charge in [0.05, 0.1) is 0 Å². The van der Waals surface area contributed by atoms with Crippen molar-refractivity contribution in [2.75, 3.05) is 6.54 Å². The van der Waals surface area contributed by atoms with Crippen molar-refractivity contribution in [2.24, 2.45) is 0 Å². The van der Waals surface area contributed by atoms with Gasteiger partial charge >= 0.3 is 0 Å². The number of nitrogens with zero attached hydrogens (tertiary/aromatic N) is 2. The maximum absolute atomic E-state index is 5.89. The molecule has 0 aliphatic carbocycles. The molecule has 1 aliphatic rings. The highest BCUT2D eigenvalue weighted by Crippen LogP contribution is 2.23. The van der Waals surface area contributed by atoms with Crippen LogP contribution in [-0.4, -0.2) is 22.6 Å². The third kappa shape index (κ3) is 2.89. The molecule has 1 aromatic heterocycles. The Kier molecular flexibility index (Phi) is 3.81. The van der Waals surface area contributed by atoms with E-state index in [1.54, 1.807) is 0 Å². The number of halogens is 1. The Balaban J connectivity index is 1.84. The molecule has 0 spiro atoms. The van der Waals surface area contributed by atoms with Gasteiger partial charge in [0.2, 0.25) is 0 Å². The van der Waals surface area contributed by atoms with E-state index in [0.29, 0.717) is 6.04 Å². The Hall–Kier alpha value is -1.71. The summed E-state index contributed by atoms with van der Waals surface area (Å²) in [7, 11) is 0. The molecule has 0 bridgehead atoms. The first-order valence-electron chi connectivity index (χ1n) is 6.73. The lowest BCUT2D eigenvalue weighted by Gasteiger charge is -2.19. The highest BCUT2D eigenvalue weighted by Gasteiger charge is 2.13. The van der Waals surface area contributed by atoms with Gasteiger partial charge in [-0.15, -0.1) is 0 Å². The Bertz CT molecular complexity index is 617. The summed E-state index contributed by atoms with van der Waals surface area (Å²) < 4.78 is 0. The molecule has 0 saturated heterocycles. The molecule has 1 atom stereocenters. The summed E-state index contributed by atoms with van der Waals surface area (Å²) in [4.78, 5) is 8.99. The molecule has 3 nitrogen and oxygen atoms in total. The SMILES string of the molecule is CC1CC(c2ncc(-c3ccc(Cl)cc3)cn2)=CCN1. The monoisotopic (exact) mass is 285 g/mol. The van der Waals surface area contributed by atoms with Crippen molar-refractivity contribution in [1.82, 2.24) is 15.3 Å². The van der Waals surface area contributed by atoms with E-state index in [4.69, 9.17) is 11.6 Å². The van der Waals surface area contributed by atoms with Crippen LogP contribution in [0.3, 0.4) is 0 Å². The molecule has 1 unspecified atom stereocenters. The van der Waals surface area contributed by atoms with E-state index in [1.807, 2.05) is 36.7 Å². The molecule has 0 saturated carbocycles. The van der Waals surface area contributed by atoms with Gasteiger partial charge in [0.25, 0.3) is 0 Å². The van der Waals surface area contributed by atoms with E-state index in [9.17, 15) is 0 Å². The molecule has 1 N–H and O–H groups in total. The number of aromatic nitrogens is 2. The molecule has 0 amide bonds. The van der Waals surface area contributed by atoms with Crippen molar-refractivity contribution in [2.45, 2.75) is 19.4 Å². The predicted molar refractivity (Wildman–Crippen MR) is 82.5 cm³/mol. The van der Waals surface area contributed by atoms with Crippen LogP contribution in [0.15, 0.2) is 42.7 Å². The van der Waals surface area contributed by atoms with Crippen molar-refractivity contribution in [1.29, 1.82) is 0 Å². The molecule has 0 fully saturated rings. The second-order valence-corrected chi connectivity index (χ2v) is 5.48. The van der Waals surface area contributed by atoms with E-state index in [0.717, 1.165) is 34.9 Å². The predicted octanol–water partition coefficient (Wildman–Crippen LogP) is 3.56. The molecule has 2 aromatic rings. The fraction of sp³-hybridized carbons (Fsp3) is 0.250. The zero-order valence-electron chi connectivity index (χ0n) is 11.3. The summed E-state index contributed by atoms with van der Waals surface area (Å²) in [5.41, 5.74) is 3.31. The molecule has 102 valence electrons. The maximum atomic E-state index is 5.89. The number of rotatable bonds is 2. The highest BCUT2D eigenvalue weighted by molar-refractivity contribution is 6.30. The molecule has 0 radical (unpaired) electrons. The minimum Gasteiger partial charge on any atom is -0.310 e. The maximum Gasteiger partial charge on any atom is 0.154 e. The number of benzene rings is 1. The summed E-state index contributed by atoms with van der Waals surface area (Å²) in [5.74, 6) is 0.830. The van der Waals surface area contributed by atoms with Crippen LogP contribution >= 0.6 is 11.6 Å². The smallest absolute Gasteiger partial charge is 0.154 e. The summed E-state index contributed by atoms with van der Waals surface area (Å²) in [6.07, 6.45) is 6.88. The van der Waals surface area contributed by atoms with Gasteiger partial charge in [0.15, 0.2) is 5.82 Å². The van der Waals surface area contributed by atoms with Gasteiger partial charge < -0.3 is 5.32 Å². The molecule has 1 aliphatic heterocycles. The van der Waals surface area contributed by atoms with Crippen LogP contribution < -0.4 is 5.32 Å². The lowest BCUT2D eigenvalue weighted by molar-refractivity contribution is 0.577. The zero-order valence-corrected chi connectivity index (χ0v) is 12.1. The van der Waals surface area contributed by atoms with Crippen molar-refractivity contribution in [3.05, 3.63) is 53.6 Å². The normalized spacial score (nSPS) is 18.7. The average Bonchev–Trinajstić information content (AvgIpc) is 2.48. The summed E-state index contributed by atoms with van der Waals surface area (Å²) in [6.45, 7) is 3.06. The van der Waals surface area contributed by atoms with E-state index in [-0.39, 0.29) is 0 Å². The molecular formula is C16H16ClN3. The highest BCUT2D eigenvalue weighted by atomic mass is 35.5. The summed E-state index contributed by atoms with van der Waals surface area (Å²) in [5, 5.41) is 4.12. The van der Waals surface area contributed by atoms with E-state index >= 15 is 0 Å². The lowest BCUT2D eigenvalue weighted by Crippen LogP contribution is -2.30. The minimum atomic E-state index is 0.481.